The van der Waals surface area contributed by atoms with Crippen LogP contribution in [-0.4, -0.2) is 18.5 Å². The summed E-state index contributed by atoms with van der Waals surface area (Å²) in [6.45, 7) is 0.615. The van der Waals surface area contributed by atoms with Gasteiger partial charge in [0.25, 0.3) is 0 Å². The maximum absolute atomic E-state index is 11.5. The third-order valence-corrected chi connectivity index (χ3v) is 3.69. The molecule has 2 fully saturated rings. The van der Waals surface area contributed by atoms with E-state index in [4.69, 9.17) is 5.73 Å². The van der Waals surface area contributed by atoms with Gasteiger partial charge in [-0.1, -0.05) is 6.42 Å². The van der Waals surface area contributed by atoms with Crippen LogP contribution < -0.4 is 11.1 Å². The standard InChI is InChI=1S/C11H20N2O/c12-5-1-2-11(14)13-10-7-8-3-4-9(10)6-8/h8-10H,1-7,12H2,(H,13,14). The first-order valence-corrected chi connectivity index (χ1v) is 5.79. The van der Waals surface area contributed by atoms with Crippen LogP contribution in [0.15, 0.2) is 0 Å². The van der Waals surface area contributed by atoms with Crippen molar-refractivity contribution in [3.05, 3.63) is 0 Å². The third-order valence-electron chi connectivity index (χ3n) is 3.69. The Balaban J connectivity index is 1.73. The number of rotatable bonds is 4. The molecule has 0 saturated heterocycles. The van der Waals surface area contributed by atoms with Crippen LogP contribution >= 0.6 is 0 Å². The number of carbonyl (C=O) groups is 1. The van der Waals surface area contributed by atoms with Crippen LogP contribution in [0.1, 0.15) is 38.5 Å². The topological polar surface area (TPSA) is 55.1 Å². The van der Waals surface area contributed by atoms with E-state index in [2.05, 4.69) is 5.32 Å². The van der Waals surface area contributed by atoms with E-state index in [1.165, 1.54) is 25.7 Å². The molecule has 3 N–H and O–H groups in total. The second-order valence-electron chi connectivity index (χ2n) is 4.74. The lowest BCUT2D eigenvalue weighted by molar-refractivity contribution is -0.122. The van der Waals surface area contributed by atoms with Gasteiger partial charge in [-0.2, -0.15) is 0 Å². The first kappa shape index (κ1) is 9.97. The van der Waals surface area contributed by atoms with Crippen LogP contribution in [0.3, 0.4) is 0 Å². The number of carbonyl (C=O) groups excluding carboxylic acids is 1. The fraction of sp³-hybridized carbons (Fsp3) is 0.909. The lowest BCUT2D eigenvalue weighted by Gasteiger charge is -2.22. The predicted molar refractivity (Wildman–Crippen MR) is 55.7 cm³/mol. The van der Waals surface area contributed by atoms with E-state index in [-0.39, 0.29) is 5.91 Å². The molecule has 3 unspecified atom stereocenters. The second kappa shape index (κ2) is 4.30. The Morgan fingerprint density at radius 1 is 1.36 bits per heavy atom. The minimum Gasteiger partial charge on any atom is -0.353 e. The molecule has 2 bridgehead atoms. The van der Waals surface area contributed by atoms with E-state index in [1.807, 2.05) is 0 Å². The van der Waals surface area contributed by atoms with Crippen molar-refractivity contribution in [3.63, 3.8) is 0 Å². The number of amides is 1. The number of fused-ring (bicyclic) bond motifs is 2. The summed E-state index contributed by atoms with van der Waals surface area (Å²) < 4.78 is 0. The van der Waals surface area contributed by atoms with Gasteiger partial charge in [-0.15, -0.1) is 0 Å². The monoisotopic (exact) mass is 196 g/mol. The van der Waals surface area contributed by atoms with Gasteiger partial charge < -0.3 is 11.1 Å². The normalized spacial score (nSPS) is 34.8. The van der Waals surface area contributed by atoms with E-state index in [9.17, 15) is 4.79 Å². The van der Waals surface area contributed by atoms with Crippen molar-refractivity contribution in [3.8, 4) is 0 Å². The maximum Gasteiger partial charge on any atom is 0.220 e. The van der Waals surface area contributed by atoms with Crippen LogP contribution in [0.25, 0.3) is 0 Å². The summed E-state index contributed by atoms with van der Waals surface area (Å²) in [4.78, 5) is 11.5. The fourth-order valence-corrected chi connectivity index (χ4v) is 2.96. The van der Waals surface area contributed by atoms with Gasteiger partial charge in [0.15, 0.2) is 0 Å². The Morgan fingerprint density at radius 3 is 2.79 bits per heavy atom. The summed E-state index contributed by atoms with van der Waals surface area (Å²) in [7, 11) is 0. The van der Waals surface area contributed by atoms with Crippen molar-refractivity contribution in [1.82, 2.24) is 5.32 Å². The van der Waals surface area contributed by atoms with Crippen molar-refractivity contribution in [2.45, 2.75) is 44.6 Å². The highest BCUT2D eigenvalue weighted by Gasteiger charge is 2.39. The fourth-order valence-electron chi connectivity index (χ4n) is 2.96. The van der Waals surface area contributed by atoms with E-state index < -0.39 is 0 Å². The highest BCUT2D eigenvalue weighted by atomic mass is 16.1. The Hall–Kier alpha value is -0.570. The second-order valence-corrected chi connectivity index (χ2v) is 4.74. The quantitative estimate of drug-likeness (QED) is 0.705. The summed E-state index contributed by atoms with van der Waals surface area (Å²) in [6, 6.07) is 0.485. The lowest BCUT2D eigenvalue weighted by atomic mass is 9.95. The van der Waals surface area contributed by atoms with E-state index in [0.717, 1.165) is 18.3 Å². The molecule has 80 valence electrons. The Labute approximate surface area is 85.4 Å². The molecule has 1 amide bonds. The summed E-state index contributed by atoms with van der Waals surface area (Å²) in [5.41, 5.74) is 5.37. The molecular formula is C11H20N2O. The molecule has 2 saturated carbocycles. The Kier molecular flexibility index (Phi) is 3.06. The van der Waals surface area contributed by atoms with Crippen LogP contribution in [0, 0.1) is 11.8 Å². The van der Waals surface area contributed by atoms with Crippen LogP contribution in [0.4, 0.5) is 0 Å². The third kappa shape index (κ3) is 2.08. The van der Waals surface area contributed by atoms with Gasteiger partial charge in [0.05, 0.1) is 0 Å². The molecule has 0 aromatic carbocycles. The van der Waals surface area contributed by atoms with Gasteiger partial charge in [-0.05, 0) is 44.1 Å². The Bertz CT molecular complexity index is 217. The minimum atomic E-state index is 0.202. The number of hydrogen-bond donors (Lipinski definition) is 2. The summed E-state index contributed by atoms with van der Waals surface area (Å²) >= 11 is 0. The van der Waals surface area contributed by atoms with Crippen LogP contribution in [0.5, 0.6) is 0 Å². The molecule has 3 heteroatoms. The van der Waals surface area contributed by atoms with Crippen molar-refractivity contribution >= 4 is 5.91 Å². The molecule has 2 aliphatic rings. The molecular weight excluding hydrogens is 176 g/mol. The summed E-state index contributed by atoms with van der Waals surface area (Å²) in [5, 5.41) is 3.15. The average molecular weight is 196 g/mol. The highest BCUT2D eigenvalue weighted by molar-refractivity contribution is 5.76. The molecule has 2 rings (SSSR count). The van der Waals surface area contributed by atoms with Gasteiger partial charge in [-0.3, -0.25) is 4.79 Å². The van der Waals surface area contributed by atoms with Crippen LogP contribution in [-0.2, 0) is 4.79 Å². The molecule has 0 spiro atoms. The molecule has 2 aliphatic carbocycles. The maximum atomic E-state index is 11.5. The van der Waals surface area contributed by atoms with Gasteiger partial charge in [-0.25, -0.2) is 0 Å². The molecule has 0 aromatic rings. The molecule has 3 nitrogen and oxygen atoms in total. The molecule has 0 aromatic heterocycles. The van der Waals surface area contributed by atoms with Gasteiger partial charge in [0.1, 0.15) is 0 Å². The summed E-state index contributed by atoms with van der Waals surface area (Å²) in [5.74, 6) is 1.88. The smallest absolute Gasteiger partial charge is 0.220 e. The van der Waals surface area contributed by atoms with Gasteiger partial charge >= 0.3 is 0 Å². The number of hydrogen-bond acceptors (Lipinski definition) is 2. The van der Waals surface area contributed by atoms with Crippen LogP contribution in [0.2, 0.25) is 0 Å². The van der Waals surface area contributed by atoms with Crippen molar-refractivity contribution < 1.29 is 4.79 Å². The van der Waals surface area contributed by atoms with E-state index in [0.29, 0.717) is 19.0 Å². The molecule has 0 heterocycles. The number of nitrogens with one attached hydrogen (secondary N) is 1. The molecule has 0 aliphatic heterocycles. The average Bonchev–Trinajstić information content (AvgIpc) is 2.76. The lowest BCUT2D eigenvalue weighted by Crippen LogP contribution is -2.38. The SMILES string of the molecule is NCCCC(=O)NC1CC2CCC1C2. The van der Waals surface area contributed by atoms with Crippen molar-refractivity contribution in [2.24, 2.45) is 17.6 Å². The molecule has 0 radical (unpaired) electrons. The minimum absolute atomic E-state index is 0.202. The molecule has 14 heavy (non-hydrogen) atoms. The number of nitrogens with two attached hydrogens (primary N) is 1. The van der Waals surface area contributed by atoms with Crippen molar-refractivity contribution in [1.29, 1.82) is 0 Å². The highest BCUT2D eigenvalue weighted by Crippen LogP contribution is 2.44. The predicted octanol–water partition coefficient (Wildman–Crippen LogP) is 1.03. The first-order valence-electron chi connectivity index (χ1n) is 5.79. The summed E-state index contributed by atoms with van der Waals surface area (Å²) in [6.07, 6.45) is 6.70. The molecule has 3 atom stereocenters. The zero-order valence-electron chi connectivity index (χ0n) is 8.67. The zero-order chi connectivity index (χ0) is 9.97. The first-order chi connectivity index (χ1) is 6.79. The largest absolute Gasteiger partial charge is 0.353 e. The Morgan fingerprint density at radius 2 is 2.21 bits per heavy atom. The van der Waals surface area contributed by atoms with Gasteiger partial charge in [0, 0.05) is 12.5 Å². The van der Waals surface area contributed by atoms with E-state index in [1.54, 1.807) is 0 Å². The van der Waals surface area contributed by atoms with E-state index >= 15 is 0 Å². The van der Waals surface area contributed by atoms with Crippen molar-refractivity contribution in [2.75, 3.05) is 6.54 Å². The zero-order valence-corrected chi connectivity index (χ0v) is 8.67. The van der Waals surface area contributed by atoms with Gasteiger partial charge in [0.2, 0.25) is 5.91 Å².